The maximum absolute atomic E-state index is 9.96. The van der Waals surface area contributed by atoms with Gasteiger partial charge in [0.2, 0.25) is 0 Å². The molecule has 46 valence electrons. The number of oxime groups is 1. The first kappa shape index (κ1) is 7.43. The maximum Gasteiger partial charge on any atom is 0.332 e. The molecule has 0 aromatic rings. The van der Waals surface area contributed by atoms with Crippen LogP contribution in [0, 0.1) is 0 Å². The number of nitrogens with zero attached hydrogens (tertiary/aromatic N) is 1. The molecule has 8 heavy (non-hydrogen) atoms. The first-order chi connectivity index (χ1) is 3.63. The summed E-state index contributed by atoms with van der Waals surface area (Å²) in [6.07, 6.45) is 0. The smallest absolute Gasteiger partial charge is 0.317 e. The van der Waals surface area contributed by atoms with E-state index in [4.69, 9.17) is 11.6 Å². The van der Waals surface area contributed by atoms with Gasteiger partial charge in [-0.15, -0.1) is 0 Å². The zero-order chi connectivity index (χ0) is 6.57. The van der Waals surface area contributed by atoms with Crippen molar-refractivity contribution in [3.63, 3.8) is 0 Å². The molecule has 0 atom stereocenters. The molecule has 0 radical (unpaired) electrons. The van der Waals surface area contributed by atoms with Crippen LogP contribution in [0.25, 0.3) is 0 Å². The van der Waals surface area contributed by atoms with Crippen molar-refractivity contribution in [2.24, 2.45) is 5.16 Å². The van der Waals surface area contributed by atoms with Crippen molar-refractivity contribution in [2.75, 3.05) is 0 Å². The van der Waals surface area contributed by atoms with E-state index in [1.807, 2.05) is 0 Å². The summed E-state index contributed by atoms with van der Waals surface area (Å²) in [6, 6.07) is 0. The lowest BCUT2D eigenvalue weighted by atomic mass is 10.8. The molecule has 0 aromatic carbocycles. The van der Waals surface area contributed by atoms with Crippen molar-refractivity contribution in [3.05, 3.63) is 0 Å². The number of hydrogen-bond acceptors (Lipinski definition) is 3. The summed E-state index contributed by atoms with van der Waals surface area (Å²) >= 11 is 5.19. The van der Waals surface area contributed by atoms with Gasteiger partial charge in [-0.1, -0.05) is 16.8 Å². The van der Waals surface area contributed by atoms with Crippen LogP contribution >= 0.6 is 11.6 Å². The SMILES string of the molecule is CC(=O)O/N=C(\C)Cl. The third kappa shape index (κ3) is 5.43. The first-order valence-electron chi connectivity index (χ1n) is 2.00. The quantitative estimate of drug-likeness (QED) is 0.307. The van der Waals surface area contributed by atoms with Crippen LogP contribution in [0.2, 0.25) is 0 Å². The fraction of sp³-hybridized carbons (Fsp3) is 0.500. The predicted molar refractivity (Wildman–Crippen MR) is 30.7 cm³/mol. The Morgan fingerprint density at radius 1 is 1.62 bits per heavy atom. The van der Waals surface area contributed by atoms with Crippen molar-refractivity contribution in [1.29, 1.82) is 0 Å². The highest BCUT2D eigenvalue weighted by Crippen LogP contribution is 1.84. The Labute approximate surface area is 52.3 Å². The Bertz CT molecular complexity index is 117. The first-order valence-corrected chi connectivity index (χ1v) is 2.38. The molecule has 0 spiro atoms. The second-order valence-electron chi connectivity index (χ2n) is 1.17. The molecular formula is C4H6ClNO2. The summed E-state index contributed by atoms with van der Waals surface area (Å²) in [5, 5.41) is 3.37. The Balaban J connectivity index is 3.45. The van der Waals surface area contributed by atoms with Gasteiger partial charge in [-0.2, -0.15) is 0 Å². The number of rotatable bonds is 1. The summed E-state index contributed by atoms with van der Waals surface area (Å²) < 4.78 is 0. The zero-order valence-electron chi connectivity index (χ0n) is 4.64. The minimum absolute atomic E-state index is 0.209. The minimum Gasteiger partial charge on any atom is -0.317 e. The summed E-state index contributed by atoms with van der Waals surface area (Å²) in [4.78, 5) is 14.1. The largest absolute Gasteiger partial charge is 0.332 e. The van der Waals surface area contributed by atoms with Gasteiger partial charge in [0.15, 0.2) is 0 Å². The van der Waals surface area contributed by atoms with Crippen LogP contribution in [-0.4, -0.2) is 11.1 Å². The lowest BCUT2D eigenvalue weighted by molar-refractivity contribution is -0.140. The summed E-state index contributed by atoms with van der Waals surface area (Å²) in [6.45, 7) is 2.77. The van der Waals surface area contributed by atoms with Gasteiger partial charge in [-0.25, -0.2) is 4.79 Å². The Morgan fingerprint density at radius 3 is 2.25 bits per heavy atom. The van der Waals surface area contributed by atoms with Gasteiger partial charge in [-0.3, -0.25) is 0 Å². The molecule has 3 nitrogen and oxygen atoms in total. The van der Waals surface area contributed by atoms with E-state index in [2.05, 4.69) is 9.99 Å². The minimum atomic E-state index is -0.468. The Kier molecular flexibility index (Phi) is 3.19. The fourth-order valence-electron chi connectivity index (χ4n) is 0.127. The average molecular weight is 136 g/mol. The lowest BCUT2D eigenvalue weighted by Crippen LogP contribution is -1.91. The highest BCUT2D eigenvalue weighted by atomic mass is 35.5. The summed E-state index contributed by atoms with van der Waals surface area (Å²) in [5.74, 6) is -0.468. The van der Waals surface area contributed by atoms with Gasteiger partial charge >= 0.3 is 5.97 Å². The van der Waals surface area contributed by atoms with E-state index in [9.17, 15) is 4.79 Å². The van der Waals surface area contributed by atoms with E-state index in [-0.39, 0.29) is 5.17 Å². The van der Waals surface area contributed by atoms with Crippen molar-refractivity contribution in [2.45, 2.75) is 13.8 Å². The van der Waals surface area contributed by atoms with Gasteiger partial charge in [0.05, 0.1) is 0 Å². The molecule has 0 aromatic heterocycles. The maximum atomic E-state index is 9.96. The van der Waals surface area contributed by atoms with Crippen molar-refractivity contribution >= 4 is 22.7 Å². The molecule has 0 unspecified atom stereocenters. The Hall–Kier alpha value is -0.570. The third-order valence-corrected chi connectivity index (χ3v) is 0.369. The molecule has 4 heteroatoms. The van der Waals surface area contributed by atoms with Crippen LogP contribution < -0.4 is 0 Å². The molecular weight excluding hydrogens is 130 g/mol. The van der Waals surface area contributed by atoms with E-state index < -0.39 is 5.97 Å². The number of carbonyl (C=O) groups excluding carboxylic acids is 1. The fourth-order valence-corrected chi connectivity index (χ4v) is 0.162. The predicted octanol–water partition coefficient (Wildman–Crippen LogP) is 1.12. The molecule has 0 aliphatic heterocycles. The monoisotopic (exact) mass is 135 g/mol. The molecule has 0 fully saturated rings. The van der Waals surface area contributed by atoms with E-state index in [1.165, 1.54) is 13.8 Å². The lowest BCUT2D eigenvalue weighted by Gasteiger charge is -1.86. The Morgan fingerprint density at radius 2 is 2.12 bits per heavy atom. The average Bonchev–Trinajstić information content (AvgIpc) is 1.61. The van der Waals surface area contributed by atoms with Crippen LogP contribution in [0.5, 0.6) is 0 Å². The van der Waals surface area contributed by atoms with Gasteiger partial charge in [0.1, 0.15) is 5.17 Å². The normalized spacial score (nSPS) is 11.1. The highest BCUT2D eigenvalue weighted by Gasteiger charge is 1.87. The molecule has 0 amide bonds. The zero-order valence-corrected chi connectivity index (χ0v) is 5.40. The van der Waals surface area contributed by atoms with Crippen LogP contribution in [0.1, 0.15) is 13.8 Å². The summed E-state index contributed by atoms with van der Waals surface area (Å²) in [7, 11) is 0. The highest BCUT2D eigenvalue weighted by molar-refractivity contribution is 6.64. The van der Waals surface area contributed by atoms with E-state index in [1.54, 1.807) is 0 Å². The topological polar surface area (TPSA) is 38.7 Å². The number of halogens is 1. The standard InChI is InChI=1S/C4H6ClNO2/c1-3(5)6-8-4(2)7/h1-2H3/b6-3+. The van der Waals surface area contributed by atoms with Crippen LogP contribution in [0.3, 0.4) is 0 Å². The second-order valence-corrected chi connectivity index (χ2v) is 1.72. The van der Waals surface area contributed by atoms with Gasteiger partial charge in [-0.05, 0) is 6.92 Å². The molecule has 0 bridgehead atoms. The molecule has 0 aliphatic carbocycles. The third-order valence-electron chi connectivity index (χ3n) is 0.300. The molecule has 0 rings (SSSR count). The van der Waals surface area contributed by atoms with E-state index in [0.717, 1.165) is 0 Å². The second kappa shape index (κ2) is 3.43. The van der Waals surface area contributed by atoms with Crippen molar-refractivity contribution < 1.29 is 9.63 Å². The number of carbonyl (C=O) groups is 1. The van der Waals surface area contributed by atoms with E-state index >= 15 is 0 Å². The van der Waals surface area contributed by atoms with Crippen LogP contribution in [0.15, 0.2) is 5.16 Å². The van der Waals surface area contributed by atoms with Crippen LogP contribution in [-0.2, 0) is 9.63 Å². The molecule has 0 saturated carbocycles. The molecule has 0 heterocycles. The summed E-state index contributed by atoms with van der Waals surface area (Å²) in [5.41, 5.74) is 0. The molecule has 0 N–H and O–H groups in total. The van der Waals surface area contributed by atoms with Gasteiger partial charge in [0.25, 0.3) is 0 Å². The van der Waals surface area contributed by atoms with Gasteiger partial charge < -0.3 is 4.84 Å². The number of hydrogen-bond donors (Lipinski definition) is 0. The van der Waals surface area contributed by atoms with Crippen molar-refractivity contribution in [1.82, 2.24) is 0 Å². The van der Waals surface area contributed by atoms with Crippen LogP contribution in [0.4, 0.5) is 0 Å². The van der Waals surface area contributed by atoms with E-state index in [0.29, 0.717) is 0 Å². The molecule has 0 aliphatic rings. The van der Waals surface area contributed by atoms with Crippen molar-refractivity contribution in [3.8, 4) is 0 Å². The molecule has 0 saturated heterocycles. The van der Waals surface area contributed by atoms with Gasteiger partial charge in [0, 0.05) is 6.92 Å².